The van der Waals surface area contributed by atoms with Crippen LogP contribution in [-0.4, -0.2) is 33.6 Å². The van der Waals surface area contributed by atoms with E-state index in [1.807, 2.05) is 36.5 Å². The topological polar surface area (TPSA) is 57.8 Å². The van der Waals surface area contributed by atoms with E-state index < -0.39 is 5.97 Å². The minimum Gasteiger partial charge on any atom is -0.481 e. The lowest BCUT2D eigenvalue weighted by molar-refractivity contribution is -0.141. The Hall–Kier alpha value is -2.56. The number of hydrogen-bond donors (Lipinski definition) is 1. The fourth-order valence-electron chi connectivity index (χ4n) is 3.31. The van der Waals surface area contributed by atoms with Crippen molar-refractivity contribution in [1.29, 1.82) is 0 Å². The molecule has 1 aromatic carbocycles. The Morgan fingerprint density at radius 3 is 2.86 bits per heavy atom. The van der Waals surface area contributed by atoms with E-state index in [0.717, 1.165) is 41.8 Å². The zero-order valence-corrected chi connectivity index (χ0v) is 12.1. The summed E-state index contributed by atoms with van der Waals surface area (Å²) in [5.74, 6) is -0.136. The van der Waals surface area contributed by atoms with Crippen LogP contribution in [-0.2, 0) is 4.79 Å². The minimum absolute atomic E-state index is 0.308. The predicted octanol–water partition coefficient (Wildman–Crippen LogP) is 2.79. The van der Waals surface area contributed by atoms with Crippen LogP contribution in [0.4, 0.5) is 5.82 Å². The zero-order chi connectivity index (χ0) is 15.1. The molecule has 1 saturated heterocycles. The molecule has 0 radical (unpaired) electrons. The highest BCUT2D eigenvalue weighted by atomic mass is 16.4. The highest BCUT2D eigenvalue weighted by molar-refractivity contribution is 5.85. The summed E-state index contributed by atoms with van der Waals surface area (Å²) in [5.41, 5.74) is 3.03. The van der Waals surface area contributed by atoms with Gasteiger partial charge in [0.25, 0.3) is 0 Å². The van der Waals surface area contributed by atoms with Gasteiger partial charge in [0.1, 0.15) is 0 Å². The lowest BCUT2D eigenvalue weighted by Gasteiger charge is -2.32. The molecule has 0 aliphatic carbocycles. The molecule has 3 heterocycles. The van der Waals surface area contributed by atoms with Crippen LogP contribution in [0.2, 0.25) is 0 Å². The van der Waals surface area contributed by atoms with Crippen molar-refractivity contribution < 1.29 is 9.90 Å². The number of piperidine rings is 1. The summed E-state index contributed by atoms with van der Waals surface area (Å²) in [6.45, 7) is 1.39. The number of carboxylic acids is 1. The maximum absolute atomic E-state index is 11.3. The average Bonchev–Trinajstić information content (AvgIpc) is 3.04. The molecule has 0 amide bonds. The maximum Gasteiger partial charge on any atom is 0.308 e. The highest BCUT2D eigenvalue weighted by Crippen LogP contribution is 2.28. The van der Waals surface area contributed by atoms with Gasteiger partial charge < -0.3 is 14.4 Å². The normalized spacial score (nSPS) is 18.9. The quantitative estimate of drug-likeness (QED) is 0.790. The molecule has 0 bridgehead atoms. The van der Waals surface area contributed by atoms with E-state index >= 15 is 0 Å². The van der Waals surface area contributed by atoms with Crippen molar-refractivity contribution in [2.45, 2.75) is 12.8 Å². The Morgan fingerprint density at radius 1 is 1.18 bits per heavy atom. The third-order valence-electron chi connectivity index (χ3n) is 4.42. The van der Waals surface area contributed by atoms with Crippen LogP contribution in [0.1, 0.15) is 12.8 Å². The first kappa shape index (κ1) is 13.1. The number of para-hydroxylation sites is 2. The number of aromatic nitrogens is 2. The first-order valence-electron chi connectivity index (χ1n) is 7.57. The third-order valence-corrected chi connectivity index (χ3v) is 4.42. The third kappa shape index (κ3) is 2.01. The van der Waals surface area contributed by atoms with Gasteiger partial charge in [-0.3, -0.25) is 4.79 Å². The van der Waals surface area contributed by atoms with Gasteiger partial charge in [0.05, 0.1) is 22.5 Å². The summed E-state index contributed by atoms with van der Waals surface area (Å²) in [5, 5.41) is 9.30. The molecule has 0 unspecified atom stereocenters. The zero-order valence-electron chi connectivity index (χ0n) is 12.1. The number of nitrogens with zero attached hydrogens (tertiary/aromatic N) is 3. The van der Waals surface area contributed by atoms with Gasteiger partial charge in [-0.1, -0.05) is 12.1 Å². The number of fused-ring (bicyclic) bond motifs is 3. The Balaban J connectivity index is 1.86. The van der Waals surface area contributed by atoms with Gasteiger partial charge in [0.2, 0.25) is 0 Å². The second-order valence-electron chi connectivity index (χ2n) is 5.81. The molecular formula is C17H17N3O2. The summed E-state index contributed by atoms with van der Waals surface area (Å²) in [4.78, 5) is 18.2. The molecule has 3 aromatic rings. The van der Waals surface area contributed by atoms with Crippen LogP contribution < -0.4 is 4.90 Å². The Kier molecular flexibility index (Phi) is 2.99. The first-order valence-corrected chi connectivity index (χ1v) is 7.57. The van der Waals surface area contributed by atoms with Crippen LogP contribution in [0.25, 0.3) is 16.6 Å². The molecule has 0 saturated carbocycles. The largest absolute Gasteiger partial charge is 0.481 e. The Labute approximate surface area is 127 Å². The second-order valence-corrected chi connectivity index (χ2v) is 5.81. The van der Waals surface area contributed by atoms with Gasteiger partial charge in [-0.2, -0.15) is 0 Å². The van der Waals surface area contributed by atoms with Crippen LogP contribution >= 0.6 is 0 Å². The van der Waals surface area contributed by atoms with Crippen molar-refractivity contribution in [2.24, 2.45) is 5.92 Å². The molecule has 4 rings (SSSR count). The van der Waals surface area contributed by atoms with Gasteiger partial charge >= 0.3 is 5.97 Å². The van der Waals surface area contributed by atoms with Crippen LogP contribution in [0, 0.1) is 5.92 Å². The summed E-state index contributed by atoms with van der Waals surface area (Å²) in [6.07, 6.45) is 3.66. The Bertz CT molecular complexity index is 855. The van der Waals surface area contributed by atoms with E-state index in [-0.39, 0.29) is 5.92 Å². The van der Waals surface area contributed by atoms with E-state index in [1.165, 1.54) is 0 Å². The number of aliphatic carboxylic acids is 1. The van der Waals surface area contributed by atoms with Crippen LogP contribution in [0.5, 0.6) is 0 Å². The van der Waals surface area contributed by atoms with Crippen molar-refractivity contribution in [2.75, 3.05) is 18.0 Å². The maximum atomic E-state index is 11.3. The van der Waals surface area contributed by atoms with E-state index in [0.29, 0.717) is 6.54 Å². The molecule has 5 heteroatoms. The van der Waals surface area contributed by atoms with Crippen LogP contribution in [0.3, 0.4) is 0 Å². The van der Waals surface area contributed by atoms with E-state index in [1.54, 1.807) is 0 Å². The fraction of sp³-hybridized carbons (Fsp3) is 0.294. The number of benzene rings is 1. The fourth-order valence-corrected chi connectivity index (χ4v) is 3.31. The van der Waals surface area contributed by atoms with Gasteiger partial charge in [-0.25, -0.2) is 4.98 Å². The molecule has 112 valence electrons. The average molecular weight is 295 g/mol. The van der Waals surface area contributed by atoms with E-state index in [9.17, 15) is 9.90 Å². The number of carboxylic acid groups (broad SMARTS) is 1. The van der Waals surface area contributed by atoms with Crippen molar-refractivity contribution >= 4 is 28.3 Å². The van der Waals surface area contributed by atoms with Crippen molar-refractivity contribution in [3.63, 3.8) is 0 Å². The van der Waals surface area contributed by atoms with Gasteiger partial charge in [-0.15, -0.1) is 0 Å². The van der Waals surface area contributed by atoms with Gasteiger partial charge in [-0.05, 0) is 37.1 Å². The summed E-state index contributed by atoms with van der Waals surface area (Å²) in [6, 6.07) is 12.1. The monoisotopic (exact) mass is 295 g/mol. The number of rotatable bonds is 2. The summed E-state index contributed by atoms with van der Waals surface area (Å²) in [7, 11) is 0. The highest BCUT2D eigenvalue weighted by Gasteiger charge is 2.27. The number of carbonyl (C=O) groups is 1. The van der Waals surface area contributed by atoms with Crippen molar-refractivity contribution in [3.8, 4) is 0 Å². The van der Waals surface area contributed by atoms with Gasteiger partial charge in [0, 0.05) is 19.3 Å². The van der Waals surface area contributed by atoms with Crippen molar-refractivity contribution in [1.82, 2.24) is 9.38 Å². The molecule has 22 heavy (non-hydrogen) atoms. The Morgan fingerprint density at radius 2 is 2.00 bits per heavy atom. The molecular weight excluding hydrogens is 278 g/mol. The van der Waals surface area contributed by atoms with Crippen molar-refractivity contribution in [3.05, 3.63) is 42.6 Å². The molecule has 1 atom stereocenters. The molecule has 2 aromatic heterocycles. The molecule has 1 aliphatic heterocycles. The summed E-state index contributed by atoms with van der Waals surface area (Å²) >= 11 is 0. The molecule has 5 nitrogen and oxygen atoms in total. The summed E-state index contributed by atoms with van der Waals surface area (Å²) < 4.78 is 2.13. The SMILES string of the molecule is O=C(O)[C@@H]1CCCN(c2nc3ccccc3n3cccc23)C1. The minimum atomic E-state index is -0.711. The lowest BCUT2D eigenvalue weighted by Crippen LogP contribution is -2.39. The number of anilines is 1. The van der Waals surface area contributed by atoms with Crippen LogP contribution in [0.15, 0.2) is 42.6 Å². The van der Waals surface area contributed by atoms with Gasteiger partial charge in [0.15, 0.2) is 5.82 Å². The molecule has 1 N–H and O–H groups in total. The molecule has 1 fully saturated rings. The first-order chi connectivity index (χ1) is 10.7. The standard InChI is InChI=1S/C17H17N3O2/c21-17(22)12-5-3-9-19(11-12)16-15-8-4-10-20(15)14-7-2-1-6-13(14)18-16/h1-2,4,6-8,10,12H,3,5,9,11H2,(H,21,22)/t12-/m1/s1. The molecule has 1 aliphatic rings. The van der Waals surface area contributed by atoms with E-state index in [4.69, 9.17) is 4.98 Å². The smallest absolute Gasteiger partial charge is 0.308 e. The predicted molar refractivity (Wildman–Crippen MR) is 85.3 cm³/mol. The lowest BCUT2D eigenvalue weighted by atomic mass is 9.98. The van der Waals surface area contributed by atoms with E-state index in [2.05, 4.69) is 15.4 Å². The number of hydrogen-bond acceptors (Lipinski definition) is 3. The molecule has 0 spiro atoms. The second kappa shape index (κ2) is 5.02.